The molecule has 0 aliphatic rings. The molecule has 0 spiro atoms. The van der Waals surface area contributed by atoms with E-state index in [9.17, 15) is 9.59 Å². The highest BCUT2D eigenvalue weighted by molar-refractivity contribution is 9.10. The van der Waals surface area contributed by atoms with Gasteiger partial charge in [0.1, 0.15) is 5.75 Å². The smallest absolute Gasteiger partial charge is 0.407 e. The summed E-state index contributed by atoms with van der Waals surface area (Å²) in [5.41, 5.74) is 0.652. The molecule has 110 valence electrons. The number of methoxy groups -OCH3 is 1. The molecule has 2 amide bonds. The van der Waals surface area contributed by atoms with Crippen LogP contribution in [0.15, 0.2) is 22.7 Å². The standard InChI is InChI=1S/C13H17BrN2O4/c1-3-20-13(18)15-7-6-12(17)16-9-4-5-11(19-2)10(14)8-9/h4-5,8H,3,6-7H2,1-2H3,(H,15,18)(H,16,17). The molecule has 0 fully saturated rings. The van der Waals surface area contributed by atoms with Gasteiger partial charge in [0.05, 0.1) is 18.2 Å². The number of carbonyl (C=O) groups is 2. The molecule has 0 aliphatic heterocycles. The molecule has 0 saturated carbocycles. The van der Waals surface area contributed by atoms with Gasteiger partial charge < -0.3 is 20.1 Å². The molecule has 6 nitrogen and oxygen atoms in total. The van der Waals surface area contributed by atoms with Gasteiger partial charge in [-0.3, -0.25) is 4.79 Å². The van der Waals surface area contributed by atoms with E-state index >= 15 is 0 Å². The van der Waals surface area contributed by atoms with Crippen molar-refractivity contribution in [2.45, 2.75) is 13.3 Å². The first-order valence-electron chi connectivity index (χ1n) is 6.10. The fraction of sp³-hybridized carbons (Fsp3) is 0.385. The third-order valence-electron chi connectivity index (χ3n) is 2.33. The molecule has 0 bridgehead atoms. The maximum Gasteiger partial charge on any atom is 0.407 e. The highest BCUT2D eigenvalue weighted by Gasteiger charge is 2.06. The van der Waals surface area contributed by atoms with E-state index in [0.717, 1.165) is 4.47 Å². The van der Waals surface area contributed by atoms with Gasteiger partial charge in [-0.15, -0.1) is 0 Å². The predicted molar refractivity (Wildman–Crippen MR) is 79.0 cm³/mol. The van der Waals surface area contributed by atoms with Crippen LogP contribution < -0.4 is 15.4 Å². The highest BCUT2D eigenvalue weighted by Crippen LogP contribution is 2.27. The minimum atomic E-state index is -0.521. The fourth-order valence-corrected chi connectivity index (χ4v) is 1.97. The first-order valence-corrected chi connectivity index (χ1v) is 6.90. The van der Waals surface area contributed by atoms with Crippen molar-refractivity contribution in [1.29, 1.82) is 0 Å². The number of benzene rings is 1. The summed E-state index contributed by atoms with van der Waals surface area (Å²) in [5.74, 6) is 0.492. The van der Waals surface area contributed by atoms with Crippen molar-refractivity contribution in [2.24, 2.45) is 0 Å². The van der Waals surface area contributed by atoms with E-state index in [-0.39, 0.29) is 18.9 Å². The zero-order valence-electron chi connectivity index (χ0n) is 11.4. The van der Waals surface area contributed by atoms with Gasteiger partial charge in [-0.2, -0.15) is 0 Å². The molecule has 0 saturated heterocycles. The van der Waals surface area contributed by atoms with Crippen LogP contribution in [0.25, 0.3) is 0 Å². The van der Waals surface area contributed by atoms with Gasteiger partial charge in [0.25, 0.3) is 0 Å². The lowest BCUT2D eigenvalue weighted by Gasteiger charge is -2.08. The van der Waals surface area contributed by atoms with E-state index in [4.69, 9.17) is 4.74 Å². The normalized spacial score (nSPS) is 9.75. The second kappa shape index (κ2) is 8.42. The van der Waals surface area contributed by atoms with E-state index in [1.807, 2.05) is 0 Å². The lowest BCUT2D eigenvalue weighted by Crippen LogP contribution is -2.28. The molecular weight excluding hydrogens is 328 g/mol. The van der Waals surface area contributed by atoms with Crippen LogP contribution in [0.2, 0.25) is 0 Å². The molecule has 0 aromatic heterocycles. The highest BCUT2D eigenvalue weighted by atomic mass is 79.9. The summed E-state index contributed by atoms with van der Waals surface area (Å²) >= 11 is 3.34. The Hall–Kier alpha value is -1.76. The summed E-state index contributed by atoms with van der Waals surface area (Å²) in [6, 6.07) is 5.23. The van der Waals surface area contributed by atoms with Crippen molar-refractivity contribution in [3.05, 3.63) is 22.7 Å². The minimum absolute atomic E-state index is 0.169. The van der Waals surface area contributed by atoms with Gasteiger partial charge in [-0.05, 0) is 41.1 Å². The first-order chi connectivity index (χ1) is 9.56. The van der Waals surface area contributed by atoms with Gasteiger partial charge >= 0.3 is 6.09 Å². The van der Waals surface area contributed by atoms with Crippen molar-refractivity contribution < 1.29 is 19.1 Å². The SMILES string of the molecule is CCOC(=O)NCCC(=O)Nc1ccc(OC)c(Br)c1. The maximum atomic E-state index is 11.7. The molecule has 2 N–H and O–H groups in total. The number of amides is 2. The molecule has 7 heteroatoms. The van der Waals surface area contributed by atoms with Crippen molar-refractivity contribution in [2.75, 3.05) is 25.6 Å². The van der Waals surface area contributed by atoms with Gasteiger partial charge in [0, 0.05) is 18.7 Å². The summed E-state index contributed by atoms with van der Waals surface area (Å²) in [5, 5.41) is 5.20. The van der Waals surface area contributed by atoms with Crippen LogP contribution in [0.5, 0.6) is 5.75 Å². The van der Waals surface area contributed by atoms with E-state index in [1.165, 1.54) is 0 Å². The molecule has 20 heavy (non-hydrogen) atoms. The molecule has 0 radical (unpaired) electrons. The topological polar surface area (TPSA) is 76.7 Å². The fourth-order valence-electron chi connectivity index (χ4n) is 1.43. The molecule has 0 heterocycles. The number of nitrogens with one attached hydrogen (secondary N) is 2. The molecule has 1 aromatic carbocycles. The summed E-state index contributed by atoms with van der Waals surface area (Å²) in [6.45, 7) is 2.24. The Morgan fingerprint density at radius 2 is 2.10 bits per heavy atom. The lowest BCUT2D eigenvalue weighted by atomic mass is 10.3. The molecule has 0 atom stereocenters. The van der Waals surface area contributed by atoms with Crippen LogP contribution in [-0.2, 0) is 9.53 Å². The van der Waals surface area contributed by atoms with Gasteiger partial charge in [-0.25, -0.2) is 4.79 Å². The number of alkyl carbamates (subject to hydrolysis) is 1. The second-order valence-corrected chi connectivity index (χ2v) is 4.65. The van der Waals surface area contributed by atoms with Crippen molar-refractivity contribution in [3.8, 4) is 5.75 Å². The predicted octanol–water partition coefficient (Wildman–Crippen LogP) is 2.53. The molecule has 0 unspecified atom stereocenters. The molecular formula is C13H17BrN2O4. The Balaban J connectivity index is 2.39. The molecule has 0 aliphatic carbocycles. The van der Waals surface area contributed by atoms with Crippen LogP contribution in [0.1, 0.15) is 13.3 Å². The molecule has 1 rings (SSSR count). The quantitative estimate of drug-likeness (QED) is 0.831. The average molecular weight is 345 g/mol. The number of anilines is 1. The first kappa shape index (κ1) is 16.3. The number of carbonyl (C=O) groups excluding carboxylic acids is 2. The Labute approximate surface area is 126 Å². The van der Waals surface area contributed by atoms with Crippen molar-refractivity contribution in [3.63, 3.8) is 0 Å². The van der Waals surface area contributed by atoms with Crippen molar-refractivity contribution >= 4 is 33.6 Å². The van der Waals surface area contributed by atoms with Crippen molar-refractivity contribution in [1.82, 2.24) is 5.32 Å². The lowest BCUT2D eigenvalue weighted by molar-refractivity contribution is -0.116. The third-order valence-corrected chi connectivity index (χ3v) is 2.95. The average Bonchev–Trinajstić information content (AvgIpc) is 2.39. The van der Waals surface area contributed by atoms with E-state index in [1.54, 1.807) is 32.2 Å². The summed E-state index contributed by atoms with van der Waals surface area (Å²) in [7, 11) is 1.57. The van der Waals surface area contributed by atoms with Crippen LogP contribution in [0.4, 0.5) is 10.5 Å². The zero-order valence-corrected chi connectivity index (χ0v) is 13.0. The largest absolute Gasteiger partial charge is 0.496 e. The summed E-state index contributed by atoms with van der Waals surface area (Å²) < 4.78 is 10.5. The Kier molecular flexibility index (Phi) is 6.86. The number of ether oxygens (including phenoxy) is 2. The van der Waals surface area contributed by atoms with E-state index < -0.39 is 6.09 Å². The number of hydrogen-bond donors (Lipinski definition) is 2. The zero-order chi connectivity index (χ0) is 15.0. The number of rotatable bonds is 6. The summed E-state index contributed by atoms with van der Waals surface area (Å²) in [6.07, 6.45) is -0.352. The second-order valence-electron chi connectivity index (χ2n) is 3.79. The van der Waals surface area contributed by atoms with E-state index in [2.05, 4.69) is 31.3 Å². The number of hydrogen-bond acceptors (Lipinski definition) is 4. The molecule has 1 aromatic rings. The monoisotopic (exact) mass is 344 g/mol. The van der Waals surface area contributed by atoms with Crippen LogP contribution >= 0.6 is 15.9 Å². The van der Waals surface area contributed by atoms with E-state index in [0.29, 0.717) is 18.0 Å². The summed E-state index contributed by atoms with van der Waals surface area (Å²) in [4.78, 5) is 22.7. The minimum Gasteiger partial charge on any atom is -0.496 e. The Morgan fingerprint density at radius 1 is 1.35 bits per heavy atom. The van der Waals surface area contributed by atoms with Gasteiger partial charge in [-0.1, -0.05) is 0 Å². The van der Waals surface area contributed by atoms with Gasteiger partial charge in [0.2, 0.25) is 5.91 Å². The number of halogens is 1. The van der Waals surface area contributed by atoms with Crippen LogP contribution in [0.3, 0.4) is 0 Å². The van der Waals surface area contributed by atoms with Crippen LogP contribution in [0, 0.1) is 0 Å². The Bertz CT molecular complexity index is 479. The Morgan fingerprint density at radius 3 is 2.70 bits per heavy atom. The van der Waals surface area contributed by atoms with Gasteiger partial charge in [0.15, 0.2) is 0 Å². The van der Waals surface area contributed by atoms with Crippen LogP contribution in [-0.4, -0.2) is 32.3 Å². The third kappa shape index (κ3) is 5.48. The maximum absolute atomic E-state index is 11.7.